The van der Waals surface area contributed by atoms with Crippen molar-refractivity contribution in [2.24, 2.45) is 0 Å². The zero-order chi connectivity index (χ0) is 11.4. The maximum absolute atomic E-state index is 10.3. The Morgan fingerprint density at radius 1 is 1.44 bits per heavy atom. The molecule has 1 aromatic rings. The number of aryl methyl sites for hydroxylation is 1. The number of aliphatic hydroxyl groups is 1. The molecule has 1 saturated carbocycles. The minimum Gasteiger partial charge on any atom is -0.389 e. The molecule has 90 valence electrons. The maximum atomic E-state index is 10.3. The molecule has 0 spiro atoms. The van der Waals surface area contributed by atoms with Crippen LogP contribution in [0.4, 0.5) is 0 Å². The summed E-state index contributed by atoms with van der Waals surface area (Å²) < 4.78 is 0. The molecule has 3 N–H and O–H groups in total. The molecule has 0 aromatic carbocycles. The van der Waals surface area contributed by atoms with Gasteiger partial charge < -0.3 is 15.4 Å². The fraction of sp³-hybridized carbons (Fsp3) is 0.750. The SMILES string of the molecule is Cc1ncc(CNCC2(O)CCCCC2)[nH]1. The van der Waals surface area contributed by atoms with Crippen LogP contribution in [0.5, 0.6) is 0 Å². The fourth-order valence-corrected chi connectivity index (χ4v) is 2.38. The Bertz CT molecular complexity index is 329. The molecule has 0 saturated heterocycles. The van der Waals surface area contributed by atoms with Gasteiger partial charge in [0.15, 0.2) is 0 Å². The molecule has 1 fully saturated rings. The minimum atomic E-state index is -0.479. The molecule has 1 aliphatic rings. The van der Waals surface area contributed by atoms with Crippen LogP contribution in [0.1, 0.15) is 43.6 Å². The summed E-state index contributed by atoms with van der Waals surface area (Å²) in [5.41, 5.74) is 0.602. The van der Waals surface area contributed by atoms with E-state index in [0.717, 1.165) is 43.7 Å². The van der Waals surface area contributed by atoms with Crippen LogP contribution in [0, 0.1) is 6.92 Å². The number of hydrogen-bond acceptors (Lipinski definition) is 3. The lowest BCUT2D eigenvalue weighted by atomic mass is 9.85. The number of aromatic nitrogens is 2. The highest BCUT2D eigenvalue weighted by Crippen LogP contribution is 2.27. The average Bonchev–Trinajstić information content (AvgIpc) is 2.65. The standard InChI is InChI=1S/C12H21N3O/c1-10-14-8-11(15-10)7-13-9-12(16)5-3-2-4-6-12/h8,13,16H,2-7,9H2,1H3,(H,14,15). The van der Waals surface area contributed by atoms with Crippen molar-refractivity contribution in [1.82, 2.24) is 15.3 Å². The molecule has 1 aromatic heterocycles. The Hall–Kier alpha value is -0.870. The molecule has 1 aliphatic carbocycles. The van der Waals surface area contributed by atoms with Crippen LogP contribution in [0.2, 0.25) is 0 Å². The van der Waals surface area contributed by atoms with E-state index < -0.39 is 5.60 Å². The first-order valence-electron chi connectivity index (χ1n) is 6.12. The van der Waals surface area contributed by atoms with Crippen molar-refractivity contribution < 1.29 is 5.11 Å². The lowest BCUT2D eigenvalue weighted by Gasteiger charge is -2.32. The van der Waals surface area contributed by atoms with Crippen molar-refractivity contribution in [3.8, 4) is 0 Å². The highest BCUT2D eigenvalue weighted by atomic mass is 16.3. The summed E-state index contributed by atoms with van der Waals surface area (Å²) in [5, 5.41) is 13.6. The quantitative estimate of drug-likeness (QED) is 0.725. The third kappa shape index (κ3) is 3.06. The minimum absolute atomic E-state index is 0.479. The van der Waals surface area contributed by atoms with Crippen LogP contribution in [-0.4, -0.2) is 27.2 Å². The van der Waals surface area contributed by atoms with Crippen molar-refractivity contribution in [1.29, 1.82) is 0 Å². The first-order chi connectivity index (χ1) is 7.68. The molecule has 4 nitrogen and oxygen atoms in total. The van der Waals surface area contributed by atoms with Gasteiger partial charge in [0.1, 0.15) is 5.82 Å². The first-order valence-corrected chi connectivity index (χ1v) is 6.12. The van der Waals surface area contributed by atoms with Crippen molar-refractivity contribution in [2.45, 2.75) is 51.2 Å². The summed E-state index contributed by atoms with van der Waals surface area (Å²) >= 11 is 0. The van der Waals surface area contributed by atoms with Gasteiger partial charge in [0, 0.05) is 25.0 Å². The summed E-state index contributed by atoms with van der Waals surface area (Å²) in [7, 11) is 0. The van der Waals surface area contributed by atoms with Crippen LogP contribution in [-0.2, 0) is 6.54 Å². The Morgan fingerprint density at radius 2 is 2.19 bits per heavy atom. The van der Waals surface area contributed by atoms with Gasteiger partial charge in [-0.1, -0.05) is 19.3 Å². The van der Waals surface area contributed by atoms with E-state index in [0.29, 0.717) is 6.54 Å². The molecule has 2 rings (SSSR count). The van der Waals surface area contributed by atoms with Crippen LogP contribution >= 0.6 is 0 Å². The van der Waals surface area contributed by atoms with Crippen molar-refractivity contribution in [3.05, 3.63) is 17.7 Å². The Labute approximate surface area is 96.5 Å². The van der Waals surface area contributed by atoms with Gasteiger partial charge in [0.25, 0.3) is 0 Å². The molecular weight excluding hydrogens is 202 g/mol. The molecule has 0 bridgehead atoms. The van der Waals surface area contributed by atoms with E-state index in [9.17, 15) is 5.11 Å². The molecule has 0 amide bonds. The second kappa shape index (κ2) is 4.97. The molecule has 0 aliphatic heterocycles. The topological polar surface area (TPSA) is 60.9 Å². The number of imidazole rings is 1. The monoisotopic (exact) mass is 223 g/mol. The van der Waals surface area contributed by atoms with Crippen molar-refractivity contribution in [3.63, 3.8) is 0 Å². The van der Waals surface area contributed by atoms with E-state index in [1.807, 2.05) is 13.1 Å². The van der Waals surface area contributed by atoms with Crippen molar-refractivity contribution in [2.75, 3.05) is 6.54 Å². The summed E-state index contributed by atoms with van der Waals surface area (Å²) in [4.78, 5) is 7.31. The van der Waals surface area contributed by atoms with E-state index in [2.05, 4.69) is 15.3 Å². The third-order valence-corrected chi connectivity index (χ3v) is 3.31. The zero-order valence-electron chi connectivity index (χ0n) is 9.92. The van der Waals surface area contributed by atoms with E-state index in [1.54, 1.807) is 0 Å². The van der Waals surface area contributed by atoms with Crippen LogP contribution in [0.15, 0.2) is 6.20 Å². The Kier molecular flexibility index (Phi) is 3.61. The fourth-order valence-electron chi connectivity index (χ4n) is 2.38. The number of aromatic amines is 1. The van der Waals surface area contributed by atoms with Gasteiger partial charge in [-0.3, -0.25) is 0 Å². The van der Waals surface area contributed by atoms with Gasteiger partial charge in [-0.25, -0.2) is 4.98 Å². The summed E-state index contributed by atoms with van der Waals surface area (Å²) in [6.07, 6.45) is 7.28. The van der Waals surface area contributed by atoms with Gasteiger partial charge in [-0.15, -0.1) is 0 Å². The second-order valence-corrected chi connectivity index (χ2v) is 4.88. The predicted octanol–water partition coefficient (Wildman–Crippen LogP) is 1.50. The van der Waals surface area contributed by atoms with Crippen LogP contribution < -0.4 is 5.32 Å². The molecule has 0 atom stereocenters. The zero-order valence-corrected chi connectivity index (χ0v) is 9.92. The number of nitrogens with one attached hydrogen (secondary N) is 2. The molecule has 0 radical (unpaired) electrons. The molecular formula is C12H21N3O. The summed E-state index contributed by atoms with van der Waals surface area (Å²) in [5.74, 6) is 0.938. The average molecular weight is 223 g/mol. The lowest BCUT2D eigenvalue weighted by Crippen LogP contribution is -2.41. The van der Waals surface area contributed by atoms with E-state index in [4.69, 9.17) is 0 Å². The second-order valence-electron chi connectivity index (χ2n) is 4.88. The normalized spacial score (nSPS) is 19.9. The number of hydrogen-bond donors (Lipinski definition) is 3. The summed E-state index contributed by atoms with van der Waals surface area (Å²) in [6.45, 7) is 3.38. The highest BCUT2D eigenvalue weighted by Gasteiger charge is 2.28. The number of rotatable bonds is 4. The first kappa shape index (κ1) is 11.6. The Balaban J connectivity index is 1.74. The van der Waals surface area contributed by atoms with E-state index in [1.165, 1.54) is 6.42 Å². The van der Waals surface area contributed by atoms with Crippen molar-refractivity contribution >= 4 is 0 Å². The smallest absolute Gasteiger partial charge is 0.103 e. The molecule has 0 unspecified atom stereocenters. The maximum Gasteiger partial charge on any atom is 0.103 e. The number of H-pyrrole nitrogens is 1. The Morgan fingerprint density at radius 3 is 2.81 bits per heavy atom. The molecule has 16 heavy (non-hydrogen) atoms. The van der Waals surface area contributed by atoms with Gasteiger partial charge in [-0.2, -0.15) is 0 Å². The summed E-state index contributed by atoms with van der Waals surface area (Å²) in [6, 6.07) is 0. The van der Waals surface area contributed by atoms with Crippen LogP contribution in [0.25, 0.3) is 0 Å². The number of nitrogens with zero attached hydrogens (tertiary/aromatic N) is 1. The van der Waals surface area contributed by atoms with Gasteiger partial charge >= 0.3 is 0 Å². The van der Waals surface area contributed by atoms with Gasteiger partial charge in [0.05, 0.1) is 5.60 Å². The van der Waals surface area contributed by atoms with Crippen LogP contribution in [0.3, 0.4) is 0 Å². The van der Waals surface area contributed by atoms with E-state index in [-0.39, 0.29) is 0 Å². The van der Waals surface area contributed by atoms with Gasteiger partial charge in [0.2, 0.25) is 0 Å². The molecule has 1 heterocycles. The third-order valence-electron chi connectivity index (χ3n) is 3.31. The van der Waals surface area contributed by atoms with Gasteiger partial charge in [-0.05, 0) is 19.8 Å². The van der Waals surface area contributed by atoms with E-state index >= 15 is 0 Å². The largest absolute Gasteiger partial charge is 0.389 e. The highest BCUT2D eigenvalue weighted by molar-refractivity contribution is 4.99. The molecule has 4 heteroatoms. The lowest BCUT2D eigenvalue weighted by molar-refractivity contribution is 0.00462. The predicted molar refractivity (Wildman–Crippen MR) is 63.1 cm³/mol.